The fraction of sp³-hybridized carbons (Fsp3) is 0.296. The molecule has 2 fully saturated rings. The highest BCUT2D eigenvalue weighted by Crippen LogP contribution is 2.36. The van der Waals surface area contributed by atoms with Gasteiger partial charge >= 0.3 is 0 Å². The Hall–Kier alpha value is -3.16. The van der Waals surface area contributed by atoms with Gasteiger partial charge in [0.1, 0.15) is 5.65 Å². The van der Waals surface area contributed by atoms with Crippen molar-refractivity contribution in [3.63, 3.8) is 0 Å². The summed E-state index contributed by atoms with van der Waals surface area (Å²) in [6, 6.07) is 18.1. The number of nitrogens with zero attached hydrogens (tertiary/aromatic N) is 3. The van der Waals surface area contributed by atoms with Crippen LogP contribution in [0.1, 0.15) is 12.8 Å². The third-order valence-corrected chi connectivity index (χ3v) is 9.34. The van der Waals surface area contributed by atoms with E-state index in [1.165, 1.54) is 5.69 Å². The van der Waals surface area contributed by atoms with Gasteiger partial charge in [0.2, 0.25) is 0 Å². The van der Waals surface area contributed by atoms with Crippen LogP contribution in [0.25, 0.3) is 33.3 Å². The molecule has 2 aromatic carbocycles. The van der Waals surface area contributed by atoms with E-state index in [0.29, 0.717) is 4.90 Å². The van der Waals surface area contributed by atoms with E-state index in [-0.39, 0.29) is 5.25 Å². The Kier molecular flexibility index (Phi) is 5.19. The third kappa shape index (κ3) is 3.89. The van der Waals surface area contributed by atoms with E-state index >= 15 is 0 Å². The molecule has 1 saturated carbocycles. The summed E-state index contributed by atoms with van der Waals surface area (Å²) in [5.41, 5.74) is 6.27. The number of benzene rings is 2. The summed E-state index contributed by atoms with van der Waals surface area (Å²) in [7, 11) is -1.01. The van der Waals surface area contributed by atoms with Crippen LogP contribution in [0.5, 0.6) is 0 Å². The predicted octanol–water partition coefficient (Wildman–Crippen LogP) is 4.58. The van der Waals surface area contributed by atoms with Crippen molar-refractivity contribution in [2.45, 2.75) is 23.0 Å². The maximum atomic E-state index is 12.5. The highest BCUT2D eigenvalue weighted by molar-refractivity contribution is 7.92. The molecule has 1 N–H and O–H groups in total. The number of rotatable bonds is 5. The number of likely N-dealkylation sites (N-methyl/N-ethyl adjacent to an activating group) is 1. The largest absolute Gasteiger partial charge is 0.369 e. The first-order chi connectivity index (χ1) is 16.5. The van der Waals surface area contributed by atoms with Gasteiger partial charge in [-0.25, -0.2) is 13.4 Å². The minimum absolute atomic E-state index is 0.194. The maximum absolute atomic E-state index is 12.5. The monoisotopic (exact) mass is 472 g/mol. The van der Waals surface area contributed by atoms with Crippen LogP contribution in [0.4, 0.5) is 5.69 Å². The smallest absolute Gasteiger partial charge is 0.181 e. The molecule has 4 aromatic rings. The zero-order valence-corrected chi connectivity index (χ0v) is 20.1. The van der Waals surface area contributed by atoms with Crippen LogP contribution < -0.4 is 4.90 Å². The number of fused-ring (bicyclic) bond motifs is 1. The van der Waals surface area contributed by atoms with Crippen LogP contribution in [0.2, 0.25) is 0 Å². The van der Waals surface area contributed by atoms with E-state index in [1.807, 2.05) is 24.5 Å². The first-order valence-electron chi connectivity index (χ1n) is 11.8. The molecular weight excluding hydrogens is 444 g/mol. The van der Waals surface area contributed by atoms with Gasteiger partial charge in [0.15, 0.2) is 9.84 Å². The van der Waals surface area contributed by atoms with Crippen molar-refractivity contribution in [2.24, 2.45) is 0 Å². The summed E-state index contributed by atoms with van der Waals surface area (Å²) in [5.74, 6) is 0. The Morgan fingerprint density at radius 3 is 2.24 bits per heavy atom. The van der Waals surface area contributed by atoms with E-state index < -0.39 is 9.84 Å². The summed E-state index contributed by atoms with van der Waals surface area (Å²) in [6.07, 6.45) is 5.40. The van der Waals surface area contributed by atoms with Crippen molar-refractivity contribution < 1.29 is 8.42 Å². The fourth-order valence-electron chi connectivity index (χ4n) is 4.72. The van der Waals surface area contributed by atoms with Crippen molar-refractivity contribution in [3.05, 3.63) is 67.0 Å². The molecule has 0 unspecified atom stereocenters. The average molecular weight is 473 g/mol. The van der Waals surface area contributed by atoms with Gasteiger partial charge in [-0.1, -0.05) is 24.3 Å². The molecule has 7 heteroatoms. The van der Waals surface area contributed by atoms with Crippen LogP contribution in [0.3, 0.4) is 0 Å². The van der Waals surface area contributed by atoms with Crippen molar-refractivity contribution in [1.29, 1.82) is 0 Å². The van der Waals surface area contributed by atoms with Gasteiger partial charge in [0.25, 0.3) is 0 Å². The van der Waals surface area contributed by atoms with Gasteiger partial charge in [-0.15, -0.1) is 0 Å². The predicted molar refractivity (Wildman–Crippen MR) is 137 cm³/mol. The van der Waals surface area contributed by atoms with Crippen LogP contribution in [-0.2, 0) is 9.84 Å². The Morgan fingerprint density at radius 2 is 1.56 bits per heavy atom. The molecule has 6 rings (SSSR count). The summed E-state index contributed by atoms with van der Waals surface area (Å²) in [4.78, 5) is 13.1. The average Bonchev–Trinajstić information content (AvgIpc) is 3.65. The van der Waals surface area contributed by atoms with Gasteiger partial charge in [-0.3, -0.25) is 0 Å². The van der Waals surface area contributed by atoms with Crippen molar-refractivity contribution in [1.82, 2.24) is 14.9 Å². The molecule has 1 aliphatic carbocycles. The minimum Gasteiger partial charge on any atom is -0.369 e. The number of anilines is 1. The molecule has 1 saturated heterocycles. The van der Waals surface area contributed by atoms with Gasteiger partial charge in [0, 0.05) is 60.8 Å². The Balaban J connectivity index is 1.28. The van der Waals surface area contributed by atoms with Crippen molar-refractivity contribution in [3.8, 4) is 22.3 Å². The topological polar surface area (TPSA) is 69.3 Å². The standard InChI is InChI=1S/C27H28N4O2S/c1-30-12-14-31(15-13-30)22-6-2-19(3-7-22)21-16-25-26(18-29-27(25)28-17-21)20-4-8-23(9-5-20)34(32,33)24-10-11-24/h2-9,16-18,24H,10-15H2,1H3,(H,28,29). The lowest BCUT2D eigenvalue weighted by Gasteiger charge is -2.34. The molecule has 0 bridgehead atoms. The maximum Gasteiger partial charge on any atom is 0.181 e. The van der Waals surface area contributed by atoms with E-state index in [1.54, 1.807) is 12.1 Å². The number of nitrogens with one attached hydrogen (secondary N) is 1. The first kappa shape index (κ1) is 21.4. The number of hydrogen-bond acceptors (Lipinski definition) is 5. The van der Waals surface area contributed by atoms with Crippen LogP contribution in [0, 0.1) is 0 Å². The van der Waals surface area contributed by atoms with Gasteiger partial charge < -0.3 is 14.8 Å². The quantitative estimate of drug-likeness (QED) is 0.460. The number of aromatic amines is 1. The highest BCUT2D eigenvalue weighted by Gasteiger charge is 2.36. The number of H-pyrrole nitrogens is 1. The molecule has 0 amide bonds. The molecule has 2 aliphatic rings. The molecule has 34 heavy (non-hydrogen) atoms. The molecule has 6 nitrogen and oxygen atoms in total. The fourth-order valence-corrected chi connectivity index (χ4v) is 6.38. The molecule has 1 aliphatic heterocycles. The van der Waals surface area contributed by atoms with Gasteiger partial charge in [-0.2, -0.15) is 0 Å². The SMILES string of the molecule is CN1CCN(c2ccc(-c3cnc4[nH]cc(-c5ccc(S(=O)(=O)C6CC6)cc5)c4c3)cc2)CC1. The molecule has 0 radical (unpaired) electrons. The molecule has 174 valence electrons. The molecule has 3 heterocycles. The lowest BCUT2D eigenvalue weighted by atomic mass is 10.0. The Labute approximate surface area is 200 Å². The Bertz CT molecular complexity index is 1430. The number of aromatic nitrogens is 2. The highest BCUT2D eigenvalue weighted by atomic mass is 32.2. The minimum atomic E-state index is -3.18. The lowest BCUT2D eigenvalue weighted by Crippen LogP contribution is -2.44. The number of pyridine rings is 1. The summed E-state index contributed by atoms with van der Waals surface area (Å²) in [5, 5.41) is 0.833. The molecule has 2 aromatic heterocycles. The van der Waals surface area contributed by atoms with E-state index in [9.17, 15) is 8.42 Å². The van der Waals surface area contributed by atoms with Gasteiger partial charge in [0.05, 0.1) is 10.1 Å². The molecular formula is C27H28N4O2S. The molecule has 0 atom stereocenters. The van der Waals surface area contributed by atoms with E-state index in [0.717, 1.165) is 72.3 Å². The number of sulfone groups is 1. The summed E-state index contributed by atoms with van der Waals surface area (Å²) in [6.45, 7) is 4.28. The second kappa shape index (κ2) is 8.25. The lowest BCUT2D eigenvalue weighted by molar-refractivity contribution is 0.313. The van der Waals surface area contributed by atoms with Crippen LogP contribution in [-0.4, -0.2) is 61.8 Å². The summed E-state index contributed by atoms with van der Waals surface area (Å²) < 4.78 is 25.0. The second-order valence-electron chi connectivity index (χ2n) is 9.43. The zero-order chi connectivity index (χ0) is 23.3. The zero-order valence-electron chi connectivity index (χ0n) is 19.2. The molecule has 0 spiro atoms. The van der Waals surface area contributed by atoms with Crippen molar-refractivity contribution in [2.75, 3.05) is 38.1 Å². The van der Waals surface area contributed by atoms with Crippen LogP contribution >= 0.6 is 0 Å². The normalized spacial score (nSPS) is 17.4. The van der Waals surface area contributed by atoms with Crippen molar-refractivity contribution >= 4 is 26.6 Å². The second-order valence-corrected chi connectivity index (χ2v) is 11.7. The number of piperazine rings is 1. The van der Waals surface area contributed by atoms with E-state index in [2.05, 4.69) is 57.1 Å². The summed E-state index contributed by atoms with van der Waals surface area (Å²) >= 11 is 0. The Morgan fingerprint density at radius 1 is 0.882 bits per heavy atom. The third-order valence-electron chi connectivity index (χ3n) is 7.06. The van der Waals surface area contributed by atoms with Gasteiger partial charge in [-0.05, 0) is 61.3 Å². The number of hydrogen-bond donors (Lipinski definition) is 1. The van der Waals surface area contributed by atoms with E-state index in [4.69, 9.17) is 0 Å². The van der Waals surface area contributed by atoms with Crippen LogP contribution in [0.15, 0.2) is 71.9 Å². The first-order valence-corrected chi connectivity index (χ1v) is 13.4.